The van der Waals surface area contributed by atoms with Crippen LogP contribution in [0.15, 0.2) is 285 Å². The zero-order valence-electron chi connectivity index (χ0n) is 70.4. The normalized spacial score (nSPS) is 15.8. The summed E-state index contributed by atoms with van der Waals surface area (Å²) < 4.78 is 220. The molecule has 0 aliphatic heterocycles. The van der Waals surface area contributed by atoms with Gasteiger partial charge in [0.15, 0.2) is 8.07 Å². The molecule has 0 amide bonds. The summed E-state index contributed by atoms with van der Waals surface area (Å²) in [5.74, 6) is 1.15. The Morgan fingerprint density at radius 2 is 1.07 bits per heavy atom. The lowest BCUT2D eigenvalue weighted by molar-refractivity contribution is -0.571. The molecule has 0 fully saturated rings. The van der Waals surface area contributed by atoms with Gasteiger partial charge in [0.05, 0.1) is 59.5 Å². The lowest BCUT2D eigenvalue weighted by Crippen LogP contribution is -2.74. The maximum absolute atomic E-state index is 11.0. The summed E-state index contributed by atoms with van der Waals surface area (Å²) >= 11 is 0. The molecule has 0 saturated heterocycles. The van der Waals surface area contributed by atoms with Crippen molar-refractivity contribution in [1.82, 2.24) is 14.1 Å². The van der Waals surface area contributed by atoms with Gasteiger partial charge in [-0.05, 0) is 125 Å². The molecule has 3 aromatic heterocycles. The maximum Gasteiger partial charge on any atom is 0.269 e. The van der Waals surface area contributed by atoms with Gasteiger partial charge in [0, 0.05) is 32.7 Å². The monoisotopic (exact) mass is 1160 g/mol. The van der Waals surface area contributed by atoms with Crippen molar-refractivity contribution in [1.29, 1.82) is 0 Å². The standard InChI is InChI=1S/C81H68N4OSi/c1-56-47-78(82-54-73(56)57-27-12-8-13-28-57)85-74-42-21-20-39-71(74)72-46-45-64(53-77(72)85)86-63-31-25-30-62(52-63)83-55-84(76-44-23-22-43-75(76)83)79-69(40-26-41-70(79)59-48-60(80(2,3)4)51-61(49-59)81(5,6)7)58-29-24-38-68(50-58)87(65-32-14-9-15-33-65,66-34-16-10-17-35-66)67-36-18-11-19-37-67/h8-54H,1-7H3/i1D3,9D,10D,11D,14D,15D,16D,17D,18D,19D,24D,29D,32D,33D,34D,35D,36D,37D,38D,50D. The third-order valence-electron chi connectivity index (χ3n) is 15.9. The van der Waals surface area contributed by atoms with E-state index in [1.807, 2.05) is 120 Å². The van der Waals surface area contributed by atoms with Crippen molar-refractivity contribution in [3.05, 3.63) is 308 Å². The molecule has 0 radical (unpaired) electrons. The molecular formula is C81H68N4OSi. The highest BCUT2D eigenvalue weighted by Crippen LogP contribution is 2.41. The third kappa shape index (κ3) is 9.96. The second-order valence-corrected chi connectivity index (χ2v) is 26.8. The predicted octanol–water partition coefficient (Wildman–Crippen LogP) is 17.3. The van der Waals surface area contributed by atoms with Crippen LogP contribution in [0.2, 0.25) is 0 Å². The van der Waals surface area contributed by atoms with Gasteiger partial charge in [-0.25, -0.2) is 4.98 Å². The van der Waals surface area contributed by atoms with E-state index in [4.69, 9.17) is 17.9 Å². The van der Waals surface area contributed by atoms with E-state index in [9.17, 15) is 21.9 Å². The molecule has 0 bridgehead atoms. The molecule has 6 heteroatoms. The van der Waals surface area contributed by atoms with Gasteiger partial charge in [0.1, 0.15) is 17.3 Å². The van der Waals surface area contributed by atoms with Gasteiger partial charge in [-0.2, -0.15) is 0 Å². The number of benzene rings is 11. The zero-order chi connectivity index (χ0) is 78.5. The molecule has 422 valence electrons. The van der Waals surface area contributed by atoms with Gasteiger partial charge in [-0.3, -0.25) is 13.7 Å². The minimum Gasteiger partial charge on any atom is -0.458 e. The SMILES string of the molecule is [2H]c1c([2H])c([2H])c([Si](c2c([2H])c([2H])c([2H])c([2H])c2[2H])(c2c([2H])c([2H])c([2H])c([2H])c2[2H])c2c([2H])c([2H])c([2H])c(-c3cccc(-c4cc(C(C)(C)C)cc(C(C)(C)C)c4)c3-[n+]3[c-]n(-c4cccc(Oc5ccc6c7ccccc7n(-c7cc(C([2H])([2H])[2H])c(-c8ccccc8)cn7)c6c5)c4)c4ccccc43)c2[2H])c([2H])c1[2H]. The van der Waals surface area contributed by atoms with Crippen LogP contribution in [0.25, 0.3) is 83.4 Å². The molecule has 3 heterocycles. The van der Waals surface area contributed by atoms with Crippen molar-refractivity contribution in [2.75, 3.05) is 0 Å². The number of aromatic nitrogens is 4. The highest BCUT2D eigenvalue weighted by atomic mass is 28.3. The molecule has 0 saturated carbocycles. The van der Waals surface area contributed by atoms with Gasteiger partial charge in [-0.15, -0.1) is 0 Å². The molecule has 11 aromatic carbocycles. The van der Waals surface area contributed by atoms with E-state index >= 15 is 0 Å². The molecule has 14 rings (SSSR count). The van der Waals surface area contributed by atoms with Crippen molar-refractivity contribution in [3.63, 3.8) is 0 Å². The van der Waals surface area contributed by atoms with Crippen LogP contribution in [0.4, 0.5) is 0 Å². The van der Waals surface area contributed by atoms with E-state index < -0.39 is 167 Å². The van der Waals surface area contributed by atoms with Crippen LogP contribution in [0, 0.1) is 13.2 Å². The molecule has 0 aliphatic carbocycles. The van der Waals surface area contributed by atoms with Crippen molar-refractivity contribution >= 4 is 61.7 Å². The van der Waals surface area contributed by atoms with Gasteiger partial charge in [0.25, 0.3) is 6.33 Å². The van der Waals surface area contributed by atoms with E-state index in [2.05, 4.69) is 53.9 Å². The van der Waals surface area contributed by atoms with E-state index in [1.165, 1.54) is 0 Å². The van der Waals surface area contributed by atoms with Gasteiger partial charge < -0.3 is 4.74 Å². The summed E-state index contributed by atoms with van der Waals surface area (Å²) in [6.07, 6.45) is 5.19. The Hall–Kier alpha value is -10.1. The minimum absolute atomic E-state index is 0.0298. The van der Waals surface area contributed by atoms with Crippen molar-refractivity contribution in [2.45, 2.75) is 59.2 Å². The number of rotatable bonds is 12. The van der Waals surface area contributed by atoms with Gasteiger partial charge in [0.2, 0.25) is 0 Å². The Kier molecular flexibility index (Phi) is 8.96. The van der Waals surface area contributed by atoms with Crippen LogP contribution in [0.1, 0.15) is 88.4 Å². The van der Waals surface area contributed by atoms with Crippen LogP contribution in [-0.4, -0.2) is 22.2 Å². The van der Waals surface area contributed by atoms with Gasteiger partial charge in [-0.1, -0.05) is 272 Å². The lowest BCUT2D eigenvalue weighted by atomic mass is 9.78. The lowest BCUT2D eigenvalue weighted by Gasteiger charge is -2.34. The molecule has 5 nitrogen and oxygen atoms in total. The summed E-state index contributed by atoms with van der Waals surface area (Å²) in [5, 5.41) is -2.05. The Labute approximate surface area is 542 Å². The summed E-state index contributed by atoms with van der Waals surface area (Å²) in [4.78, 5) is 4.90. The average molecular weight is 1160 g/mol. The first-order valence-corrected chi connectivity index (χ1v) is 30.4. The Morgan fingerprint density at radius 1 is 0.483 bits per heavy atom. The van der Waals surface area contributed by atoms with E-state index in [-0.39, 0.29) is 16.8 Å². The molecule has 0 atom stereocenters. The fourth-order valence-electron chi connectivity index (χ4n) is 11.5. The maximum atomic E-state index is 11.0. The Balaban J connectivity index is 1.05. The Bertz CT molecular complexity index is 5890. The Morgan fingerprint density at radius 3 is 1.74 bits per heavy atom. The van der Waals surface area contributed by atoms with E-state index in [0.29, 0.717) is 61.8 Å². The first kappa shape index (κ1) is 35.3. The number of aryl methyl sites for hydroxylation is 1. The largest absolute Gasteiger partial charge is 0.458 e. The average Bonchev–Trinajstić information content (AvgIpc) is 1.22. The summed E-state index contributed by atoms with van der Waals surface area (Å²) in [6.45, 7) is 9.91. The fourth-order valence-corrected chi connectivity index (χ4v) is 15.1. The number of fused-ring (bicyclic) bond motifs is 4. The molecule has 0 N–H and O–H groups in total. The topological polar surface area (TPSA) is 35.9 Å². The summed E-state index contributed by atoms with van der Waals surface area (Å²) in [6, 6.07) is 30.0. The van der Waals surface area contributed by atoms with Crippen molar-refractivity contribution in [2.24, 2.45) is 0 Å². The minimum atomic E-state index is -6.27. The number of para-hydroxylation sites is 4. The molecule has 0 unspecified atom stereocenters. The first-order chi connectivity index (χ1) is 51.4. The van der Waals surface area contributed by atoms with Crippen LogP contribution in [0.3, 0.4) is 0 Å². The second-order valence-electron chi connectivity index (χ2n) is 23.3. The second kappa shape index (κ2) is 22.0. The summed E-state index contributed by atoms with van der Waals surface area (Å²) in [7, 11) is -6.27. The number of nitrogens with zero attached hydrogens (tertiary/aromatic N) is 4. The van der Waals surface area contributed by atoms with Crippen LogP contribution in [-0.2, 0) is 10.8 Å². The smallest absolute Gasteiger partial charge is 0.269 e. The van der Waals surface area contributed by atoms with Crippen LogP contribution >= 0.6 is 0 Å². The fraction of sp³-hybridized carbons (Fsp3) is 0.111. The van der Waals surface area contributed by atoms with Crippen LogP contribution in [0.5, 0.6) is 11.5 Å². The third-order valence-corrected chi connectivity index (χ3v) is 19.9. The number of imidazole rings is 1. The highest BCUT2D eigenvalue weighted by Gasteiger charge is 2.41. The zero-order valence-corrected chi connectivity index (χ0v) is 49.4. The quantitative estimate of drug-likeness (QED) is 0.0529. The van der Waals surface area contributed by atoms with Crippen molar-refractivity contribution < 1.29 is 39.5 Å². The number of hydrogen-bond donors (Lipinski definition) is 0. The molecular weight excluding hydrogens is 1070 g/mol. The van der Waals surface area contributed by atoms with E-state index in [1.54, 1.807) is 57.8 Å². The molecule has 0 spiro atoms. The van der Waals surface area contributed by atoms with Crippen LogP contribution < -0.4 is 30.1 Å². The van der Waals surface area contributed by atoms with Gasteiger partial charge >= 0.3 is 0 Å². The van der Waals surface area contributed by atoms with E-state index in [0.717, 1.165) is 27.4 Å². The number of ether oxygens (including phenoxy) is 1. The number of hydrogen-bond acceptors (Lipinski definition) is 2. The highest BCUT2D eigenvalue weighted by molar-refractivity contribution is 7.19. The first-order valence-electron chi connectivity index (χ1n) is 39.4. The summed E-state index contributed by atoms with van der Waals surface area (Å²) in [5.41, 5.74) is 5.93. The predicted molar refractivity (Wildman–Crippen MR) is 364 cm³/mol. The molecule has 0 aliphatic rings. The molecule has 14 aromatic rings. The molecule has 87 heavy (non-hydrogen) atoms. The number of pyridine rings is 1. The van der Waals surface area contributed by atoms with Crippen molar-refractivity contribution in [3.8, 4) is 62.1 Å².